The summed E-state index contributed by atoms with van der Waals surface area (Å²) >= 11 is 0. The number of aromatic nitrogens is 3. The van der Waals surface area contributed by atoms with Crippen LogP contribution in [-0.2, 0) is 4.74 Å². The van der Waals surface area contributed by atoms with Crippen LogP contribution in [0.15, 0.2) is 42.6 Å². The lowest BCUT2D eigenvalue weighted by Gasteiger charge is -2.26. The summed E-state index contributed by atoms with van der Waals surface area (Å²) in [6.07, 6.45) is 1.39. The maximum atomic E-state index is 13.5. The molecule has 1 aromatic carbocycles. The third kappa shape index (κ3) is 3.62. The number of morpholine rings is 1. The first kappa shape index (κ1) is 16.0. The molecule has 0 aliphatic carbocycles. The third-order valence-electron chi connectivity index (χ3n) is 4.24. The summed E-state index contributed by atoms with van der Waals surface area (Å²) in [6.45, 7) is 4.94. The molecule has 6 nitrogen and oxygen atoms in total. The summed E-state index contributed by atoms with van der Waals surface area (Å²) in [5, 5.41) is 8.25. The highest BCUT2D eigenvalue weighted by molar-refractivity contribution is 5.61. The van der Waals surface area contributed by atoms with Crippen LogP contribution in [0.25, 0.3) is 17.0 Å². The quantitative estimate of drug-likeness (QED) is 0.712. The normalized spacial score (nSPS) is 15.6. The Kier molecular flexibility index (Phi) is 4.58. The number of nitrogens with zero attached hydrogens (tertiary/aromatic N) is 4. The molecule has 0 N–H and O–H groups in total. The van der Waals surface area contributed by atoms with Crippen molar-refractivity contribution in [3.8, 4) is 17.1 Å². The molecule has 130 valence electrons. The van der Waals surface area contributed by atoms with E-state index >= 15 is 0 Å². The Morgan fingerprint density at radius 1 is 1.12 bits per heavy atom. The lowest BCUT2D eigenvalue weighted by molar-refractivity contribution is 0.0322. The molecule has 3 heterocycles. The highest BCUT2D eigenvalue weighted by Crippen LogP contribution is 2.23. The molecule has 0 bridgehead atoms. The predicted molar refractivity (Wildman–Crippen MR) is 91.1 cm³/mol. The minimum Gasteiger partial charge on any atom is -0.492 e. The summed E-state index contributed by atoms with van der Waals surface area (Å²) in [4.78, 5) is 2.32. The summed E-state index contributed by atoms with van der Waals surface area (Å²) < 4.78 is 26.4. The van der Waals surface area contributed by atoms with Crippen LogP contribution in [0.2, 0.25) is 0 Å². The molecule has 1 aliphatic heterocycles. The molecule has 1 aliphatic rings. The molecule has 3 aromatic rings. The Morgan fingerprint density at radius 3 is 2.88 bits per heavy atom. The maximum Gasteiger partial charge on any atom is 0.168 e. The van der Waals surface area contributed by atoms with Gasteiger partial charge in [-0.05, 0) is 24.3 Å². The monoisotopic (exact) mass is 342 g/mol. The first-order chi connectivity index (χ1) is 12.3. The van der Waals surface area contributed by atoms with E-state index < -0.39 is 0 Å². The van der Waals surface area contributed by atoms with Crippen molar-refractivity contribution in [3.05, 3.63) is 48.4 Å². The second-order valence-electron chi connectivity index (χ2n) is 5.93. The predicted octanol–water partition coefficient (Wildman–Crippen LogP) is 2.25. The number of rotatable bonds is 5. The first-order valence-electron chi connectivity index (χ1n) is 8.33. The Labute approximate surface area is 144 Å². The lowest BCUT2D eigenvalue weighted by Crippen LogP contribution is -2.38. The number of pyridine rings is 1. The first-order valence-corrected chi connectivity index (χ1v) is 8.33. The topological polar surface area (TPSA) is 51.9 Å². The second-order valence-corrected chi connectivity index (χ2v) is 5.93. The molecular formula is C18H19FN4O2. The van der Waals surface area contributed by atoms with Crippen molar-refractivity contribution >= 4 is 5.65 Å². The molecule has 1 fully saturated rings. The van der Waals surface area contributed by atoms with E-state index in [1.165, 1.54) is 12.3 Å². The van der Waals surface area contributed by atoms with Gasteiger partial charge >= 0.3 is 0 Å². The Balaban J connectivity index is 1.48. The van der Waals surface area contributed by atoms with Crippen molar-refractivity contribution in [2.24, 2.45) is 0 Å². The fraction of sp³-hybridized carbons (Fsp3) is 0.333. The highest BCUT2D eigenvalue weighted by Gasteiger charge is 2.11. The van der Waals surface area contributed by atoms with Crippen LogP contribution in [0.1, 0.15) is 0 Å². The molecule has 0 amide bonds. The average molecular weight is 342 g/mol. The lowest BCUT2D eigenvalue weighted by atomic mass is 10.2. The van der Waals surface area contributed by atoms with Crippen LogP contribution < -0.4 is 4.74 Å². The van der Waals surface area contributed by atoms with Crippen molar-refractivity contribution in [3.63, 3.8) is 0 Å². The smallest absolute Gasteiger partial charge is 0.168 e. The largest absolute Gasteiger partial charge is 0.492 e. The number of fused-ring (bicyclic) bond motifs is 1. The molecule has 2 aromatic heterocycles. The Hall–Kier alpha value is -2.51. The number of ether oxygens (including phenoxy) is 2. The van der Waals surface area contributed by atoms with Gasteiger partial charge in [-0.15, -0.1) is 10.2 Å². The number of benzene rings is 1. The van der Waals surface area contributed by atoms with Gasteiger partial charge in [0.25, 0.3) is 0 Å². The van der Waals surface area contributed by atoms with Crippen molar-refractivity contribution in [2.75, 3.05) is 39.5 Å². The molecule has 4 rings (SSSR count). The molecule has 0 unspecified atom stereocenters. The standard InChI is InChI=1S/C18H19FN4O2/c19-15-4-5-17-20-21-18(23(17)13-15)14-2-1-3-16(12-14)25-11-8-22-6-9-24-10-7-22/h1-5,12-13H,6-11H2. The summed E-state index contributed by atoms with van der Waals surface area (Å²) in [5.74, 6) is 1.03. The van der Waals surface area contributed by atoms with Crippen molar-refractivity contribution < 1.29 is 13.9 Å². The SMILES string of the molecule is Fc1ccc2nnc(-c3cccc(OCCN4CCOCC4)c3)n2c1. The van der Waals surface area contributed by atoms with Gasteiger partial charge in [-0.3, -0.25) is 9.30 Å². The number of hydrogen-bond acceptors (Lipinski definition) is 5. The molecule has 25 heavy (non-hydrogen) atoms. The Morgan fingerprint density at radius 2 is 2.00 bits per heavy atom. The van der Waals surface area contributed by atoms with E-state index in [9.17, 15) is 4.39 Å². The molecule has 0 spiro atoms. The molecule has 7 heteroatoms. The molecule has 0 saturated carbocycles. The van der Waals surface area contributed by atoms with Crippen molar-refractivity contribution in [2.45, 2.75) is 0 Å². The average Bonchev–Trinajstić information content (AvgIpc) is 3.06. The van der Waals surface area contributed by atoms with Gasteiger partial charge in [0.05, 0.1) is 13.2 Å². The van der Waals surface area contributed by atoms with Gasteiger partial charge in [-0.25, -0.2) is 4.39 Å². The van der Waals surface area contributed by atoms with Crippen LogP contribution in [0.3, 0.4) is 0 Å². The van der Waals surface area contributed by atoms with Crippen molar-refractivity contribution in [1.29, 1.82) is 0 Å². The van der Waals surface area contributed by atoms with Gasteiger partial charge in [0, 0.05) is 31.4 Å². The van der Waals surface area contributed by atoms with E-state index in [1.807, 2.05) is 24.3 Å². The molecular weight excluding hydrogens is 323 g/mol. The van der Waals surface area contributed by atoms with Gasteiger partial charge in [0.1, 0.15) is 18.2 Å². The van der Waals surface area contributed by atoms with Crippen molar-refractivity contribution in [1.82, 2.24) is 19.5 Å². The molecule has 0 atom stereocenters. The Bertz CT molecular complexity index is 861. The van der Waals surface area contributed by atoms with E-state index in [-0.39, 0.29) is 5.82 Å². The number of halogens is 1. The molecule has 1 saturated heterocycles. The maximum absolute atomic E-state index is 13.5. The van der Waals surface area contributed by atoms with Gasteiger partial charge in [-0.2, -0.15) is 0 Å². The second kappa shape index (κ2) is 7.16. The van der Waals surface area contributed by atoms with E-state index in [0.717, 1.165) is 44.2 Å². The van der Waals surface area contributed by atoms with Crippen LogP contribution >= 0.6 is 0 Å². The fourth-order valence-corrected chi connectivity index (χ4v) is 2.90. The highest BCUT2D eigenvalue weighted by atomic mass is 19.1. The zero-order valence-electron chi connectivity index (χ0n) is 13.8. The van der Waals surface area contributed by atoms with Crippen LogP contribution in [0, 0.1) is 5.82 Å². The van der Waals surface area contributed by atoms with Crippen LogP contribution in [0.4, 0.5) is 4.39 Å². The fourth-order valence-electron chi connectivity index (χ4n) is 2.90. The van der Waals surface area contributed by atoms with Crippen LogP contribution in [0.5, 0.6) is 5.75 Å². The third-order valence-corrected chi connectivity index (χ3v) is 4.24. The number of hydrogen-bond donors (Lipinski definition) is 0. The van der Waals surface area contributed by atoms with Gasteiger partial charge in [-0.1, -0.05) is 12.1 Å². The van der Waals surface area contributed by atoms with Gasteiger partial charge in [0.15, 0.2) is 11.5 Å². The van der Waals surface area contributed by atoms with E-state index in [4.69, 9.17) is 9.47 Å². The summed E-state index contributed by atoms with van der Waals surface area (Å²) in [7, 11) is 0. The van der Waals surface area contributed by atoms with E-state index in [2.05, 4.69) is 15.1 Å². The van der Waals surface area contributed by atoms with Gasteiger partial charge in [0.2, 0.25) is 0 Å². The summed E-state index contributed by atoms with van der Waals surface area (Å²) in [6, 6.07) is 10.6. The van der Waals surface area contributed by atoms with Crippen LogP contribution in [-0.4, -0.2) is 59.0 Å². The zero-order chi connectivity index (χ0) is 17.1. The van der Waals surface area contributed by atoms with E-state index in [1.54, 1.807) is 10.5 Å². The zero-order valence-corrected chi connectivity index (χ0v) is 13.8. The minimum absolute atomic E-state index is 0.327. The summed E-state index contributed by atoms with van der Waals surface area (Å²) in [5.41, 5.74) is 1.44. The van der Waals surface area contributed by atoms with Gasteiger partial charge < -0.3 is 9.47 Å². The molecule has 0 radical (unpaired) electrons. The minimum atomic E-state index is -0.327. The van der Waals surface area contributed by atoms with E-state index in [0.29, 0.717) is 18.1 Å².